The Bertz CT molecular complexity index is 673. The molecule has 0 bridgehead atoms. The largest absolute Gasteiger partial charge is 0.481 e. The molecule has 6 nitrogen and oxygen atoms in total. The SMILES string of the molecule is Cc1ccncc1[C@@H](CC(=O)O)NC(=O)OCc1ccccc1. The third kappa shape index (κ3) is 5.10. The number of carbonyl (C=O) groups excluding carboxylic acids is 1. The van der Waals surface area contributed by atoms with Crippen molar-refractivity contribution in [2.45, 2.75) is 26.0 Å². The summed E-state index contributed by atoms with van der Waals surface area (Å²) in [7, 11) is 0. The Kier molecular flexibility index (Phi) is 5.68. The highest BCUT2D eigenvalue weighted by atomic mass is 16.5. The van der Waals surface area contributed by atoms with Gasteiger partial charge in [-0.05, 0) is 29.7 Å². The van der Waals surface area contributed by atoms with Gasteiger partial charge in [-0.25, -0.2) is 4.79 Å². The number of carboxylic acids is 1. The van der Waals surface area contributed by atoms with Crippen LogP contribution in [0.25, 0.3) is 0 Å². The van der Waals surface area contributed by atoms with E-state index in [1.807, 2.05) is 37.3 Å². The maximum absolute atomic E-state index is 11.9. The number of rotatable bonds is 6. The molecule has 1 aromatic heterocycles. The highest BCUT2D eigenvalue weighted by molar-refractivity contribution is 5.72. The lowest BCUT2D eigenvalue weighted by atomic mass is 10.0. The van der Waals surface area contributed by atoms with E-state index in [9.17, 15) is 9.59 Å². The summed E-state index contributed by atoms with van der Waals surface area (Å²) in [5.41, 5.74) is 2.37. The Labute approximate surface area is 134 Å². The van der Waals surface area contributed by atoms with Gasteiger partial charge >= 0.3 is 12.1 Å². The fourth-order valence-corrected chi connectivity index (χ4v) is 2.16. The first kappa shape index (κ1) is 16.5. The zero-order valence-corrected chi connectivity index (χ0v) is 12.7. The molecule has 0 unspecified atom stereocenters. The van der Waals surface area contributed by atoms with Gasteiger partial charge in [0.25, 0.3) is 0 Å². The van der Waals surface area contributed by atoms with E-state index in [4.69, 9.17) is 9.84 Å². The van der Waals surface area contributed by atoms with E-state index in [-0.39, 0.29) is 13.0 Å². The van der Waals surface area contributed by atoms with Crippen LogP contribution in [0.5, 0.6) is 0 Å². The second kappa shape index (κ2) is 7.93. The summed E-state index contributed by atoms with van der Waals surface area (Å²) in [6.07, 6.45) is 2.26. The van der Waals surface area contributed by atoms with Crippen LogP contribution in [0, 0.1) is 6.92 Å². The van der Waals surface area contributed by atoms with Gasteiger partial charge in [0, 0.05) is 12.4 Å². The van der Waals surface area contributed by atoms with Crippen LogP contribution in [0.2, 0.25) is 0 Å². The maximum Gasteiger partial charge on any atom is 0.407 e. The number of aryl methyl sites for hydroxylation is 1. The van der Waals surface area contributed by atoms with E-state index >= 15 is 0 Å². The van der Waals surface area contributed by atoms with E-state index < -0.39 is 18.1 Å². The van der Waals surface area contributed by atoms with E-state index in [0.29, 0.717) is 5.56 Å². The Morgan fingerprint density at radius 1 is 1.26 bits per heavy atom. The molecule has 2 N–H and O–H groups in total. The number of aliphatic carboxylic acids is 1. The number of nitrogens with one attached hydrogen (secondary N) is 1. The van der Waals surface area contributed by atoms with Gasteiger partial charge in [0.15, 0.2) is 0 Å². The topological polar surface area (TPSA) is 88.5 Å². The number of amides is 1. The second-order valence-corrected chi connectivity index (χ2v) is 5.09. The molecule has 120 valence electrons. The van der Waals surface area contributed by atoms with Crippen molar-refractivity contribution in [3.05, 3.63) is 65.5 Å². The summed E-state index contributed by atoms with van der Waals surface area (Å²) in [5, 5.41) is 11.6. The number of carbonyl (C=O) groups is 2. The van der Waals surface area contributed by atoms with Crippen molar-refractivity contribution >= 4 is 12.1 Å². The number of alkyl carbamates (subject to hydrolysis) is 1. The molecule has 0 spiro atoms. The van der Waals surface area contributed by atoms with Crippen LogP contribution in [0.4, 0.5) is 4.79 Å². The zero-order valence-electron chi connectivity index (χ0n) is 12.7. The molecule has 0 aliphatic carbocycles. The van der Waals surface area contributed by atoms with Gasteiger partial charge in [0.2, 0.25) is 0 Å². The summed E-state index contributed by atoms with van der Waals surface area (Å²) in [4.78, 5) is 27.0. The zero-order chi connectivity index (χ0) is 16.7. The van der Waals surface area contributed by atoms with Crippen LogP contribution in [0.1, 0.15) is 29.2 Å². The molecule has 0 saturated heterocycles. The molecule has 0 aliphatic rings. The molecule has 2 rings (SSSR count). The normalized spacial score (nSPS) is 11.5. The number of aromatic nitrogens is 1. The summed E-state index contributed by atoms with van der Waals surface area (Å²) in [6, 6.07) is 10.3. The molecule has 6 heteroatoms. The summed E-state index contributed by atoms with van der Waals surface area (Å²) in [6.45, 7) is 1.96. The molecule has 0 radical (unpaired) electrons. The quantitative estimate of drug-likeness (QED) is 0.856. The van der Waals surface area contributed by atoms with Gasteiger partial charge in [0.1, 0.15) is 6.61 Å². The minimum Gasteiger partial charge on any atom is -0.481 e. The highest BCUT2D eigenvalue weighted by Crippen LogP contribution is 2.20. The van der Waals surface area contributed by atoms with Gasteiger partial charge in [-0.15, -0.1) is 0 Å². The monoisotopic (exact) mass is 314 g/mol. The molecule has 1 amide bonds. The lowest BCUT2D eigenvalue weighted by molar-refractivity contribution is -0.137. The number of hydrogen-bond donors (Lipinski definition) is 2. The fourth-order valence-electron chi connectivity index (χ4n) is 2.16. The average Bonchev–Trinajstić information content (AvgIpc) is 2.53. The molecule has 2 aromatic rings. The van der Waals surface area contributed by atoms with Gasteiger partial charge < -0.3 is 15.2 Å². The van der Waals surface area contributed by atoms with E-state index in [0.717, 1.165) is 11.1 Å². The smallest absolute Gasteiger partial charge is 0.407 e. The first-order chi connectivity index (χ1) is 11.1. The van der Waals surface area contributed by atoms with Gasteiger partial charge in [-0.2, -0.15) is 0 Å². The standard InChI is InChI=1S/C17H18N2O4/c1-12-7-8-18-10-14(12)15(9-16(20)21)19-17(22)23-11-13-5-3-2-4-6-13/h2-8,10,15H,9,11H2,1H3,(H,19,22)(H,20,21)/t15-/m1/s1. The van der Waals surface area contributed by atoms with Crippen molar-refractivity contribution in [3.63, 3.8) is 0 Å². The molecule has 0 aliphatic heterocycles. The van der Waals surface area contributed by atoms with Crippen LogP contribution >= 0.6 is 0 Å². The number of carboxylic acid groups (broad SMARTS) is 1. The minimum atomic E-state index is -1.01. The molecular weight excluding hydrogens is 296 g/mol. The minimum absolute atomic E-state index is 0.123. The Morgan fingerprint density at radius 3 is 2.65 bits per heavy atom. The first-order valence-corrected chi connectivity index (χ1v) is 7.16. The third-order valence-electron chi connectivity index (χ3n) is 3.34. The van der Waals surface area contributed by atoms with Crippen LogP contribution in [-0.4, -0.2) is 22.2 Å². The predicted molar refractivity (Wildman–Crippen MR) is 83.7 cm³/mol. The van der Waals surface area contributed by atoms with Crippen molar-refractivity contribution < 1.29 is 19.4 Å². The second-order valence-electron chi connectivity index (χ2n) is 5.09. The Balaban J connectivity index is 2.01. The van der Waals surface area contributed by atoms with Crippen molar-refractivity contribution in [2.75, 3.05) is 0 Å². The van der Waals surface area contributed by atoms with Gasteiger partial charge in [-0.1, -0.05) is 30.3 Å². The van der Waals surface area contributed by atoms with Crippen molar-refractivity contribution in [1.29, 1.82) is 0 Å². The van der Waals surface area contributed by atoms with E-state index in [1.54, 1.807) is 18.5 Å². The van der Waals surface area contributed by atoms with Crippen molar-refractivity contribution in [1.82, 2.24) is 10.3 Å². The molecular formula is C17H18N2O4. The van der Waals surface area contributed by atoms with Crippen LogP contribution in [0.3, 0.4) is 0 Å². The molecule has 1 heterocycles. The Morgan fingerprint density at radius 2 is 2.00 bits per heavy atom. The molecule has 0 fully saturated rings. The van der Waals surface area contributed by atoms with E-state index in [2.05, 4.69) is 10.3 Å². The fraction of sp³-hybridized carbons (Fsp3) is 0.235. The van der Waals surface area contributed by atoms with Gasteiger partial charge in [0.05, 0.1) is 12.5 Å². The maximum atomic E-state index is 11.9. The van der Waals surface area contributed by atoms with E-state index in [1.165, 1.54) is 0 Å². The lowest BCUT2D eigenvalue weighted by Crippen LogP contribution is -2.31. The van der Waals surface area contributed by atoms with Crippen LogP contribution in [-0.2, 0) is 16.1 Å². The third-order valence-corrected chi connectivity index (χ3v) is 3.34. The predicted octanol–water partition coefficient (Wildman–Crippen LogP) is 2.83. The summed E-state index contributed by atoms with van der Waals surface area (Å²) in [5.74, 6) is -1.01. The molecule has 23 heavy (non-hydrogen) atoms. The number of hydrogen-bond acceptors (Lipinski definition) is 4. The van der Waals surface area contributed by atoms with Crippen molar-refractivity contribution in [3.8, 4) is 0 Å². The average molecular weight is 314 g/mol. The number of nitrogens with zero attached hydrogens (tertiary/aromatic N) is 1. The number of ether oxygens (including phenoxy) is 1. The number of pyridine rings is 1. The molecule has 0 saturated carbocycles. The number of benzene rings is 1. The highest BCUT2D eigenvalue weighted by Gasteiger charge is 2.20. The van der Waals surface area contributed by atoms with Crippen LogP contribution in [0.15, 0.2) is 48.8 Å². The molecule has 1 aromatic carbocycles. The lowest BCUT2D eigenvalue weighted by Gasteiger charge is -2.18. The Hall–Kier alpha value is -2.89. The molecule has 1 atom stereocenters. The first-order valence-electron chi connectivity index (χ1n) is 7.16. The summed E-state index contributed by atoms with van der Waals surface area (Å²) < 4.78 is 5.14. The van der Waals surface area contributed by atoms with Crippen LogP contribution < -0.4 is 5.32 Å². The van der Waals surface area contributed by atoms with Gasteiger partial charge in [-0.3, -0.25) is 9.78 Å². The van der Waals surface area contributed by atoms with Crippen molar-refractivity contribution in [2.24, 2.45) is 0 Å². The summed E-state index contributed by atoms with van der Waals surface area (Å²) >= 11 is 0.